The molecular formula is C17H13BrN4O4S. The molecule has 0 amide bonds. The first kappa shape index (κ1) is 17.7. The van der Waals surface area contributed by atoms with Gasteiger partial charge in [0.05, 0.1) is 22.9 Å². The molecular weight excluding hydrogens is 436 g/mol. The highest BCUT2D eigenvalue weighted by atomic mass is 79.9. The van der Waals surface area contributed by atoms with Gasteiger partial charge in [-0.1, -0.05) is 15.9 Å². The van der Waals surface area contributed by atoms with Gasteiger partial charge in [-0.3, -0.25) is 4.79 Å². The molecule has 10 heteroatoms. The molecule has 0 aliphatic heterocycles. The van der Waals surface area contributed by atoms with Crippen molar-refractivity contribution in [2.75, 3.05) is 7.11 Å². The molecule has 0 aliphatic carbocycles. The first-order valence-electron chi connectivity index (χ1n) is 7.79. The molecule has 1 N–H and O–H groups in total. The third-order valence-corrected chi connectivity index (χ3v) is 6.53. The number of ether oxygens (including phenoxy) is 1. The van der Waals surface area contributed by atoms with Crippen LogP contribution in [0.25, 0.3) is 16.6 Å². The zero-order chi connectivity index (χ0) is 19.3. The molecule has 0 saturated heterocycles. The molecule has 0 spiro atoms. The Morgan fingerprint density at radius 1 is 1.19 bits per heavy atom. The number of nitrogens with zero attached hydrogens (tertiary/aromatic N) is 3. The Morgan fingerprint density at radius 3 is 2.67 bits per heavy atom. The maximum Gasteiger partial charge on any atom is 0.281 e. The van der Waals surface area contributed by atoms with Crippen molar-refractivity contribution in [2.24, 2.45) is 0 Å². The summed E-state index contributed by atoms with van der Waals surface area (Å²) < 4.78 is 33.6. The second-order valence-corrected chi connectivity index (χ2v) is 8.64. The molecule has 27 heavy (non-hydrogen) atoms. The van der Waals surface area contributed by atoms with Gasteiger partial charge >= 0.3 is 0 Å². The van der Waals surface area contributed by atoms with Gasteiger partial charge < -0.3 is 4.74 Å². The van der Waals surface area contributed by atoms with Crippen LogP contribution in [-0.4, -0.2) is 35.3 Å². The van der Waals surface area contributed by atoms with Crippen LogP contribution in [0.5, 0.6) is 5.75 Å². The Balaban J connectivity index is 2.05. The van der Waals surface area contributed by atoms with E-state index in [2.05, 4.69) is 31.2 Å². The minimum Gasteiger partial charge on any atom is -0.497 e. The molecule has 0 aliphatic rings. The number of halogens is 1. The minimum absolute atomic E-state index is 0.0666. The van der Waals surface area contributed by atoms with Crippen LogP contribution in [0.1, 0.15) is 5.56 Å². The summed E-state index contributed by atoms with van der Waals surface area (Å²) in [5.74, 6) is 0.518. The topological polar surface area (TPSA) is 106 Å². The van der Waals surface area contributed by atoms with Crippen molar-refractivity contribution in [3.8, 4) is 5.75 Å². The van der Waals surface area contributed by atoms with Crippen LogP contribution in [0.3, 0.4) is 0 Å². The van der Waals surface area contributed by atoms with E-state index in [9.17, 15) is 13.2 Å². The number of hydrogen-bond acceptors (Lipinski definition) is 6. The lowest BCUT2D eigenvalue weighted by Crippen LogP contribution is -2.12. The minimum atomic E-state index is -3.99. The Bertz CT molecular complexity index is 1380. The Morgan fingerprint density at radius 2 is 1.96 bits per heavy atom. The average molecular weight is 449 g/mol. The smallest absolute Gasteiger partial charge is 0.281 e. The van der Waals surface area contributed by atoms with Crippen molar-refractivity contribution in [1.29, 1.82) is 0 Å². The fourth-order valence-corrected chi connectivity index (χ4v) is 4.87. The standard InChI is InChI=1S/C17H13BrN4O4S/c1-9-7-10(18)3-6-14(9)27(24,25)17-15-19-16(23)12-5-4-11(26-2)8-13(12)22(15)21-20-17/h3-8,21H,1-2H3. The normalized spacial score (nSPS) is 12.0. The van der Waals surface area contributed by atoms with E-state index >= 15 is 0 Å². The summed E-state index contributed by atoms with van der Waals surface area (Å²) in [6, 6.07) is 9.64. The molecule has 0 radical (unpaired) electrons. The van der Waals surface area contributed by atoms with Crippen molar-refractivity contribution in [1.82, 2.24) is 19.8 Å². The van der Waals surface area contributed by atoms with Gasteiger partial charge in [0.2, 0.25) is 14.9 Å². The summed E-state index contributed by atoms with van der Waals surface area (Å²) in [7, 11) is -2.49. The fourth-order valence-electron chi connectivity index (χ4n) is 2.91. The predicted molar refractivity (Wildman–Crippen MR) is 102 cm³/mol. The molecule has 0 fully saturated rings. The zero-order valence-corrected chi connectivity index (χ0v) is 16.6. The van der Waals surface area contributed by atoms with Crippen molar-refractivity contribution in [3.63, 3.8) is 0 Å². The number of aromatic nitrogens is 4. The third kappa shape index (κ3) is 2.72. The second kappa shape index (κ2) is 6.17. The highest BCUT2D eigenvalue weighted by Crippen LogP contribution is 2.28. The third-order valence-electron chi connectivity index (χ3n) is 4.22. The van der Waals surface area contributed by atoms with E-state index in [0.29, 0.717) is 22.2 Å². The van der Waals surface area contributed by atoms with Gasteiger partial charge in [-0.25, -0.2) is 18.1 Å². The van der Waals surface area contributed by atoms with Crippen molar-refractivity contribution >= 4 is 42.3 Å². The van der Waals surface area contributed by atoms with Gasteiger partial charge in [-0.15, -0.1) is 5.10 Å². The number of methoxy groups -OCH3 is 1. The first-order chi connectivity index (χ1) is 12.8. The van der Waals surface area contributed by atoms with Crippen LogP contribution >= 0.6 is 15.9 Å². The van der Waals surface area contributed by atoms with Crippen molar-refractivity contribution in [2.45, 2.75) is 16.8 Å². The number of nitrogens with one attached hydrogen (secondary N) is 1. The average Bonchev–Trinajstić information content (AvgIpc) is 3.05. The maximum absolute atomic E-state index is 13.1. The quantitative estimate of drug-likeness (QED) is 0.515. The molecule has 0 saturated carbocycles. The SMILES string of the molecule is COc1ccc2c(=O)nc3c(S(=O)(=O)c4ccc(Br)cc4C)n[nH]n3c2c1. The molecule has 2 aromatic carbocycles. The fraction of sp³-hybridized carbons (Fsp3) is 0.118. The van der Waals surface area contributed by atoms with Crippen molar-refractivity contribution < 1.29 is 13.2 Å². The van der Waals surface area contributed by atoms with Gasteiger partial charge in [0.25, 0.3) is 5.56 Å². The number of sulfone groups is 1. The monoisotopic (exact) mass is 448 g/mol. The summed E-state index contributed by atoms with van der Waals surface area (Å²) in [5.41, 5.74) is 0.363. The maximum atomic E-state index is 13.1. The molecule has 138 valence electrons. The molecule has 2 heterocycles. The number of aromatic amines is 1. The lowest BCUT2D eigenvalue weighted by Gasteiger charge is -2.06. The first-order valence-corrected chi connectivity index (χ1v) is 10.1. The molecule has 4 rings (SSSR count). The van der Waals surface area contributed by atoms with Gasteiger partial charge in [0.15, 0.2) is 5.65 Å². The molecule has 8 nitrogen and oxygen atoms in total. The number of aryl methyl sites for hydroxylation is 1. The van der Waals surface area contributed by atoms with Crippen LogP contribution in [0.2, 0.25) is 0 Å². The highest BCUT2D eigenvalue weighted by Gasteiger charge is 2.27. The largest absolute Gasteiger partial charge is 0.497 e. The highest BCUT2D eigenvalue weighted by molar-refractivity contribution is 9.10. The van der Waals surface area contributed by atoms with E-state index in [1.165, 1.54) is 17.7 Å². The molecule has 0 atom stereocenters. The predicted octanol–water partition coefficient (Wildman–Crippen LogP) is 2.48. The van der Waals surface area contributed by atoms with E-state index in [-0.39, 0.29) is 15.6 Å². The zero-order valence-electron chi connectivity index (χ0n) is 14.2. The Hall–Kier alpha value is -2.72. The Labute approximate surface area is 161 Å². The summed E-state index contributed by atoms with van der Waals surface area (Å²) in [4.78, 5) is 16.4. The van der Waals surface area contributed by atoms with E-state index in [1.807, 2.05) is 0 Å². The van der Waals surface area contributed by atoms with Crippen LogP contribution < -0.4 is 10.3 Å². The van der Waals surface area contributed by atoms with Crippen LogP contribution in [0.15, 0.2) is 55.6 Å². The van der Waals surface area contributed by atoms with Gasteiger partial charge in [0, 0.05) is 10.5 Å². The van der Waals surface area contributed by atoms with Crippen LogP contribution in [-0.2, 0) is 9.84 Å². The summed E-state index contributed by atoms with van der Waals surface area (Å²) in [5, 5.41) is 6.60. The van der Waals surface area contributed by atoms with E-state index in [4.69, 9.17) is 4.74 Å². The lowest BCUT2D eigenvalue weighted by molar-refractivity contribution is 0.415. The second-order valence-electron chi connectivity index (χ2n) is 5.89. The summed E-state index contributed by atoms with van der Waals surface area (Å²) in [6.45, 7) is 1.69. The lowest BCUT2D eigenvalue weighted by atomic mass is 10.2. The molecule has 0 bridgehead atoms. The summed E-state index contributed by atoms with van der Waals surface area (Å²) >= 11 is 3.32. The van der Waals surface area contributed by atoms with Crippen LogP contribution in [0, 0.1) is 6.92 Å². The van der Waals surface area contributed by atoms with Gasteiger partial charge in [-0.05, 0) is 42.8 Å². The molecule has 2 aromatic heterocycles. The van der Waals surface area contributed by atoms with E-state index in [0.717, 1.165) is 4.47 Å². The van der Waals surface area contributed by atoms with E-state index in [1.54, 1.807) is 37.3 Å². The van der Waals surface area contributed by atoms with E-state index < -0.39 is 15.4 Å². The summed E-state index contributed by atoms with van der Waals surface area (Å²) in [6.07, 6.45) is 0. The number of H-pyrrole nitrogens is 1. The number of benzene rings is 2. The number of hydrogen-bond donors (Lipinski definition) is 1. The van der Waals surface area contributed by atoms with Gasteiger partial charge in [0.1, 0.15) is 5.75 Å². The number of rotatable bonds is 3. The van der Waals surface area contributed by atoms with Crippen LogP contribution in [0.4, 0.5) is 0 Å². The molecule has 0 unspecified atom stereocenters. The van der Waals surface area contributed by atoms with Gasteiger partial charge in [-0.2, -0.15) is 4.98 Å². The number of fused-ring (bicyclic) bond motifs is 3. The van der Waals surface area contributed by atoms with Crippen molar-refractivity contribution in [3.05, 3.63) is 56.8 Å². The molecule has 4 aromatic rings. The Kier molecular flexibility index (Phi) is 4.04.